The van der Waals surface area contributed by atoms with Gasteiger partial charge in [0.15, 0.2) is 15.0 Å². The van der Waals surface area contributed by atoms with Gasteiger partial charge in [0.2, 0.25) is 0 Å². The predicted molar refractivity (Wildman–Crippen MR) is 110 cm³/mol. The van der Waals surface area contributed by atoms with Crippen LogP contribution in [0.2, 0.25) is 5.02 Å². The molecule has 1 saturated heterocycles. The number of rotatable bonds is 3. The molecule has 4 rings (SSSR count). The van der Waals surface area contributed by atoms with Crippen LogP contribution in [0.25, 0.3) is 0 Å². The summed E-state index contributed by atoms with van der Waals surface area (Å²) in [7, 11) is -3.02. The van der Waals surface area contributed by atoms with E-state index >= 15 is 0 Å². The molecule has 2 aliphatic heterocycles. The Balaban J connectivity index is 1.60. The summed E-state index contributed by atoms with van der Waals surface area (Å²) in [6, 6.07) is 15.7. The minimum Gasteiger partial charge on any atom is -0.315 e. The number of hydrogen-bond acceptors (Lipinski definition) is 5. The Bertz CT molecular complexity index is 941. The summed E-state index contributed by atoms with van der Waals surface area (Å²) in [4.78, 5) is 6.87. The van der Waals surface area contributed by atoms with Gasteiger partial charge in [-0.3, -0.25) is 4.99 Å². The second-order valence-electron chi connectivity index (χ2n) is 6.74. The summed E-state index contributed by atoms with van der Waals surface area (Å²) in [6.07, 6.45) is 0. The summed E-state index contributed by atoms with van der Waals surface area (Å²) in [5.74, 6) is 1.08. The van der Waals surface area contributed by atoms with E-state index < -0.39 is 9.84 Å². The smallest absolute Gasteiger partial charge is 0.164 e. The second-order valence-corrected chi connectivity index (χ2v) is 10.3. The minimum atomic E-state index is -3.02. The van der Waals surface area contributed by atoms with E-state index in [0.29, 0.717) is 0 Å². The van der Waals surface area contributed by atoms with Crippen molar-refractivity contribution in [3.63, 3.8) is 0 Å². The molecule has 26 heavy (non-hydrogen) atoms. The second kappa shape index (κ2) is 6.91. The number of halogens is 1. The number of amidine groups is 1. The summed E-state index contributed by atoms with van der Waals surface area (Å²) in [6.45, 7) is 2.04. The van der Waals surface area contributed by atoms with Crippen molar-refractivity contribution in [2.24, 2.45) is 4.99 Å². The Hall–Kier alpha value is -1.50. The van der Waals surface area contributed by atoms with Crippen LogP contribution in [-0.4, -0.2) is 37.2 Å². The number of thioether (sulfide) groups is 1. The van der Waals surface area contributed by atoms with E-state index in [9.17, 15) is 8.42 Å². The van der Waals surface area contributed by atoms with Crippen LogP contribution in [-0.2, 0) is 15.6 Å². The quantitative estimate of drug-likeness (QED) is 0.775. The molecule has 0 aliphatic carbocycles. The first-order valence-corrected chi connectivity index (χ1v) is 11.6. The van der Waals surface area contributed by atoms with E-state index in [1.54, 1.807) is 11.8 Å². The first-order chi connectivity index (χ1) is 12.4. The maximum absolute atomic E-state index is 12.1. The fourth-order valence-corrected chi connectivity index (χ4v) is 6.42. The van der Waals surface area contributed by atoms with Crippen LogP contribution in [0.15, 0.2) is 53.5 Å². The van der Waals surface area contributed by atoms with Crippen LogP contribution in [0.4, 0.5) is 5.69 Å². The zero-order chi connectivity index (χ0) is 18.3. The molecule has 0 saturated carbocycles. The maximum Gasteiger partial charge on any atom is 0.164 e. The van der Waals surface area contributed by atoms with Crippen LogP contribution in [0.3, 0.4) is 0 Å². The molecule has 1 fully saturated rings. The van der Waals surface area contributed by atoms with Gasteiger partial charge in [0.25, 0.3) is 0 Å². The van der Waals surface area contributed by atoms with Crippen LogP contribution < -0.4 is 4.90 Å². The monoisotopic (exact) mass is 406 g/mol. The number of nitrogens with zero attached hydrogens (tertiary/aromatic N) is 2. The molecule has 2 heterocycles. The summed E-state index contributed by atoms with van der Waals surface area (Å²) in [5.41, 5.74) is 3.34. The largest absolute Gasteiger partial charge is 0.315 e. The molecule has 0 aromatic heterocycles. The number of anilines is 1. The zero-order valence-corrected chi connectivity index (χ0v) is 16.7. The molecule has 0 radical (unpaired) electrons. The third-order valence-corrected chi connectivity index (χ3v) is 7.69. The van der Waals surface area contributed by atoms with Crippen LogP contribution in [0, 0.1) is 6.92 Å². The van der Waals surface area contributed by atoms with Crippen molar-refractivity contribution in [2.75, 3.05) is 16.4 Å². The number of aliphatic imine (C=N–C) groups is 1. The topological polar surface area (TPSA) is 49.7 Å². The number of sulfone groups is 1. The van der Waals surface area contributed by atoms with Crippen molar-refractivity contribution in [3.8, 4) is 0 Å². The Morgan fingerprint density at radius 2 is 1.81 bits per heavy atom. The van der Waals surface area contributed by atoms with E-state index in [1.165, 1.54) is 5.56 Å². The van der Waals surface area contributed by atoms with Crippen LogP contribution in [0.1, 0.15) is 11.1 Å². The van der Waals surface area contributed by atoms with Gasteiger partial charge in [0, 0.05) is 16.5 Å². The Labute approximate surface area is 163 Å². The average molecular weight is 407 g/mol. The molecule has 0 spiro atoms. The van der Waals surface area contributed by atoms with E-state index in [-0.39, 0.29) is 23.6 Å². The standard InChI is InChI=1S/C19H19ClN2O2S2/c1-13-2-8-16(9-3-13)22-18-12-26(23,24)11-17(18)21-19(22)25-10-14-4-6-15(20)7-5-14/h2-9,17-18H,10-12H2,1H3/t17-,18+/m1/s1. The maximum atomic E-state index is 12.1. The predicted octanol–water partition coefficient (Wildman–Crippen LogP) is 3.92. The molecule has 2 aromatic carbocycles. The molecule has 0 amide bonds. The Morgan fingerprint density at radius 1 is 1.12 bits per heavy atom. The van der Waals surface area contributed by atoms with Crippen molar-refractivity contribution in [2.45, 2.75) is 24.8 Å². The van der Waals surface area contributed by atoms with Crippen molar-refractivity contribution in [1.29, 1.82) is 0 Å². The Kier molecular flexibility index (Phi) is 4.75. The van der Waals surface area contributed by atoms with Gasteiger partial charge in [-0.15, -0.1) is 0 Å². The number of hydrogen-bond donors (Lipinski definition) is 0. The molecule has 2 aliphatic rings. The summed E-state index contributed by atoms with van der Waals surface area (Å²) < 4.78 is 24.2. The van der Waals surface area contributed by atoms with Gasteiger partial charge in [0.05, 0.1) is 23.6 Å². The molecule has 2 atom stereocenters. The van der Waals surface area contributed by atoms with Crippen LogP contribution in [0.5, 0.6) is 0 Å². The van der Waals surface area contributed by atoms with Gasteiger partial charge in [-0.05, 0) is 36.8 Å². The van der Waals surface area contributed by atoms with Gasteiger partial charge in [-0.25, -0.2) is 8.42 Å². The lowest BCUT2D eigenvalue weighted by Crippen LogP contribution is -2.39. The van der Waals surface area contributed by atoms with Crippen molar-refractivity contribution < 1.29 is 8.42 Å². The third-order valence-electron chi connectivity index (χ3n) is 4.70. The highest BCUT2D eigenvalue weighted by Gasteiger charge is 2.47. The molecule has 7 heteroatoms. The lowest BCUT2D eigenvalue weighted by molar-refractivity contribution is 0.601. The van der Waals surface area contributed by atoms with E-state index in [0.717, 1.165) is 27.2 Å². The molecule has 4 nitrogen and oxygen atoms in total. The molecule has 0 N–H and O–H groups in total. The van der Waals surface area contributed by atoms with Gasteiger partial charge in [-0.1, -0.05) is 53.2 Å². The minimum absolute atomic E-state index is 0.101. The van der Waals surface area contributed by atoms with E-state index in [4.69, 9.17) is 16.6 Å². The van der Waals surface area contributed by atoms with Gasteiger partial charge in [0.1, 0.15) is 0 Å². The Morgan fingerprint density at radius 3 is 2.50 bits per heavy atom. The number of aryl methyl sites for hydroxylation is 1. The summed E-state index contributed by atoms with van der Waals surface area (Å²) >= 11 is 7.60. The first kappa shape index (κ1) is 17.9. The number of fused-ring (bicyclic) bond motifs is 1. The molecular formula is C19H19ClN2O2S2. The van der Waals surface area contributed by atoms with E-state index in [2.05, 4.69) is 4.90 Å². The lowest BCUT2D eigenvalue weighted by Gasteiger charge is -2.26. The van der Waals surface area contributed by atoms with Crippen LogP contribution >= 0.6 is 23.4 Å². The van der Waals surface area contributed by atoms with Crippen molar-refractivity contribution in [1.82, 2.24) is 0 Å². The molecule has 0 bridgehead atoms. The zero-order valence-electron chi connectivity index (χ0n) is 14.3. The summed E-state index contributed by atoms with van der Waals surface area (Å²) in [5, 5.41) is 1.62. The number of benzene rings is 2. The van der Waals surface area contributed by atoms with Gasteiger partial charge < -0.3 is 4.90 Å². The molecule has 136 valence electrons. The van der Waals surface area contributed by atoms with E-state index in [1.807, 2.05) is 55.5 Å². The fraction of sp³-hybridized carbons (Fsp3) is 0.316. The average Bonchev–Trinajstić information content (AvgIpc) is 3.06. The highest BCUT2D eigenvalue weighted by atomic mass is 35.5. The molecule has 2 aromatic rings. The van der Waals surface area contributed by atoms with Gasteiger partial charge >= 0.3 is 0 Å². The molecule has 0 unspecified atom stereocenters. The van der Waals surface area contributed by atoms with Crippen molar-refractivity contribution in [3.05, 3.63) is 64.7 Å². The first-order valence-electron chi connectivity index (χ1n) is 8.43. The van der Waals surface area contributed by atoms with Gasteiger partial charge in [-0.2, -0.15) is 0 Å². The third kappa shape index (κ3) is 3.63. The fourth-order valence-electron chi connectivity index (χ4n) is 3.37. The highest BCUT2D eigenvalue weighted by molar-refractivity contribution is 8.13. The normalized spacial score (nSPS) is 23.8. The highest BCUT2D eigenvalue weighted by Crippen LogP contribution is 2.36. The SMILES string of the molecule is Cc1ccc(N2C(SCc3ccc(Cl)cc3)=N[C@@H]3CS(=O)(=O)C[C@@H]32)cc1. The van der Waals surface area contributed by atoms with Crippen molar-refractivity contribution >= 4 is 44.1 Å². The molecular weight excluding hydrogens is 388 g/mol. The lowest BCUT2D eigenvalue weighted by atomic mass is 10.1.